The van der Waals surface area contributed by atoms with Crippen molar-refractivity contribution in [2.75, 3.05) is 51.3 Å². The summed E-state index contributed by atoms with van der Waals surface area (Å²) in [5.74, 6) is 1.06. The molecule has 112 valence electrons. The van der Waals surface area contributed by atoms with E-state index in [9.17, 15) is 0 Å². The summed E-state index contributed by atoms with van der Waals surface area (Å²) in [6.07, 6.45) is 2.86. The average Bonchev–Trinajstić information content (AvgIpc) is 2.54. The van der Waals surface area contributed by atoms with Gasteiger partial charge in [-0.3, -0.25) is 4.90 Å². The number of hydrogen-bond acceptors (Lipinski definition) is 5. The van der Waals surface area contributed by atoms with Crippen molar-refractivity contribution in [2.24, 2.45) is 5.73 Å². The number of rotatable bonds is 6. The highest BCUT2D eigenvalue weighted by Gasteiger charge is 2.35. The van der Waals surface area contributed by atoms with Crippen molar-refractivity contribution < 1.29 is 4.74 Å². The van der Waals surface area contributed by atoms with E-state index in [0.717, 1.165) is 38.4 Å². The molecule has 0 bridgehead atoms. The Balaban J connectivity index is 1.99. The van der Waals surface area contributed by atoms with Gasteiger partial charge in [0.15, 0.2) is 0 Å². The lowest BCUT2D eigenvalue weighted by molar-refractivity contribution is 0.00849. The number of aromatic nitrogens is 1. The van der Waals surface area contributed by atoms with Gasteiger partial charge < -0.3 is 15.4 Å². The van der Waals surface area contributed by atoms with Crippen LogP contribution in [0.25, 0.3) is 0 Å². The van der Waals surface area contributed by atoms with Crippen LogP contribution in [-0.4, -0.2) is 61.9 Å². The SMILES string of the molecule is CCC(CN)(COC)N1CCN(c2ccccn2)CC1. The predicted octanol–water partition coefficient (Wildman–Crippen LogP) is 0.958. The first kappa shape index (κ1) is 15.2. The lowest BCUT2D eigenvalue weighted by Gasteiger charge is -2.47. The molecule has 2 rings (SSSR count). The molecule has 1 saturated heterocycles. The molecular weight excluding hydrogens is 252 g/mol. The Labute approximate surface area is 121 Å². The maximum absolute atomic E-state index is 6.03. The van der Waals surface area contributed by atoms with Gasteiger partial charge in [-0.05, 0) is 18.6 Å². The van der Waals surface area contributed by atoms with Crippen molar-refractivity contribution in [3.8, 4) is 0 Å². The maximum atomic E-state index is 6.03. The van der Waals surface area contributed by atoms with Crippen molar-refractivity contribution in [3.63, 3.8) is 0 Å². The summed E-state index contributed by atoms with van der Waals surface area (Å²) < 4.78 is 5.41. The third kappa shape index (κ3) is 3.11. The Morgan fingerprint density at radius 3 is 2.55 bits per heavy atom. The molecule has 2 N–H and O–H groups in total. The fourth-order valence-electron chi connectivity index (χ4n) is 2.97. The first-order chi connectivity index (χ1) is 9.75. The average molecular weight is 278 g/mol. The fourth-order valence-corrected chi connectivity index (χ4v) is 2.97. The fraction of sp³-hybridized carbons (Fsp3) is 0.667. The maximum Gasteiger partial charge on any atom is 0.128 e. The molecule has 1 aliphatic rings. The lowest BCUT2D eigenvalue weighted by Crippen LogP contribution is -2.62. The Hall–Kier alpha value is -1.17. The largest absolute Gasteiger partial charge is 0.383 e. The van der Waals surface area contributed by atoms with Gasteiger partial charge in [0.2, 0.25) is 0 Å². The van der Waals surface area contributed by atoms with Gasteiger partial charge in [-0.1, -0.05) is 13.0 Å². The zero-order valence-electron chi connectivity index (χ0n) is 12.6. The van der Waals surface area contributed by atoms with E-state index in [1.807, 2.05) is 18.3 Å². The molecule has 0 aliphatic carbocycles. The Bertz CT molecular complexity index is 386. The Kier molecular flexibility index (Phi) is 5.34. The number of ether oxygens (including phenoxy) is 1. The van der Waals surface area contributed by atoms with Crippen LogP contribution in [-0.2, 0) is 4.74 Å². The zero-order chi connectivity index (χ0) is 14.4. The van der Waals surface area contributed by atoms with Crippen LogP contribution in [0.5, 0.6) is 0 Å². The number of nitrogens with zero attached hydrogens (tertiary/aromatic N) is 3. The van der Waals surface area contributed by atoms with Crippen LogP contribution in [0.4, 0.5) is 5.82 Å². The van der Waals surface area contributed by atoms with Gasteiger partial charge in [0, 0.05) is 46.0 Å². The number of nitrogens with two attached hydrogens (primary N) is 1. The van der Waals surface area contributed by atoms with Gasteiger partial charge in [0.1, 0.15) is 5.82 Å². The van der Waals surface area contributed by atoms with Crippen LogP contribution >= 0.6 is 0 Å². The topological polar surface area (TPSA) is 54.6 Å². The van der Waals surface area contributed by atoms with Gasteiger partial charge in [-0.15, -0.1) is 0 Å². The van der Waals surface area contributed by atoms with E-state index in [1.165, 1.54) is 0 Å². The van der Waals surface area contributed by atoms with Crippen LogP contribution in [0, 0.1) is 0 Å². The first-order valence-electron chi connectivity index (χ1n) is 7.36. The third-order valence-electron chi connectivity index (χ3n) is 4.37. The van der Waals surface area contributed by atoms with Crippen LogP contribution in [0.3, 0.4) is 0 Å². The normalized spacial score (nSPS) is 19.9. The summed E-state index contributed by atoms with van der Waals surface area (Å²) in [5.41, 5.74) is 6.01. The predicted molar refractivity (Wildman–Crippen MR) is 82.0 cm³/mol. The summed E-state index contributed by atoms with van der Waals surface area (Å²) in [6, 6.07) is 6.06. The molecule has 0 spiro atoms. The van der Waals surface area contributed by atoms with E-state index in [1.54, 1.807) is 7.11 Å². The molecule has 0 radical (unpaired) electrons. The monoisotopic (exact) mass is 278 g/mol. The Morgan fingerprint density at radius 1 is 1.30 bits per heavy atom. The summed E-state index contributed by atoms with van der Waals surface area (Å²) in [7, 11) is 1.75. The highest BCUT2D eigenvalue weighted by molar-refractivity contribution is 5.38. The summed E-state index contributed by atoms with van der Waals surface area (Å²) in [5, 5.41) is 0. The number of hydrogen-bond donors (Lipinski definition) is 1. The minimum absolute atomic E-state index is 0.0229. The second kappa shape index (κ2) is 7.02. The molecule has 5 heteroatoms. The van der Waals surface area contributed by atoms with Crippen LogP contribution in [0.2, 0.25) is 0 Å². The molecular formula is C15H26N4O. The second-order valence-electron chi connectivity index (χ2n) is 5.38. The van der Waals surface area contributed by atoms with Crippen LogP contribution in [0.15, 0.2) is 24.4 Å². The minimum atomic E-state index is -0.0229. The number of pyridine rings is 1. The molecule has 1 fully saturated rings. The highest BCUT2D eigenvalue weighted by Crippen LogP contribution is 2.22. The van der Waals surface area contributed by atoms with E-state index >= 15 is 0 Å². The van der Waals surface area contributed by atoms with Gasteiger partial charge in [-0.25, -0.2) is 4.98 Å². The molecule has 1 atom stereocenters. The van der Waals surface area contributed by atoms with Crippen LogP contribution < -0.4 is 10.6 Å². The summed E-state index contributed by atoms with van der Waals surface area (Å²) in [6.45, 7) is 7.52. The molecule has 0 amide bonds. The van der Waals surface area contributed by atoms with E-state index in [-0.39, 0.29) is 5.54 Å². The van der Waals surface area contributed by atoms with E-state index < -0.39 is 0 Å². The molecule has 1 aromatic heterocycles. The second-order valence-corrected chi connectivity index (χ2v) is 5.38. The smallest absolute Gasteiger partial charge is 0.128 e. The van der Waals surface area contributed by atoms with Crippen molar-refractivity contribution in [3.05, 3.63) is 24.4 Å². The van der Waals surface area contributed by atoms with Crippen LogP contribution in [0.1, 0.15) is 13.3 Å². The molecule has 1 unspecified atom stereocenters. The summed E-state index contributed by atoms with van der Waals surface area (Å²) >= 11 is 0. The molecule has 2 heterocycles. The molecule has 1 aliphatic heterocycles. The van der Waals surface area contributed by atoms with Crippen molar-refractivity contribution >= 4 is 5.82 Å². The molecule has 5 nitrogen and oxygen atoms in total. The number of piperazine rings is 1. The van der Waals surface area contributed by atoms with E-state index in [4.69, 9.17) is 10.5 Å². The van der Waals surface area contributed by atoms with Crippen molar-refractivity contribution in [2.45, 2.75) is 18.9 Å². The van der Waals surface area contributed by atoms with E-state index in [2.05, 4.69) is 27.8 Å². The zero-order valence-corrected chi connectivity index (χ0v) is 12.6. The molecule has 0 aromatic carbocycles. The number of methoxy groups -OCH3 is 1. The highest BCUT2D eigenvalue weighted by atomic mass is 16.5. The summed E-state index contributed by atoms with van der Waals surface area (Å²) in [4.78, 5) is 9.24. The minimum Gasteiger partial charge on any atom is -0.383 e. The van der Waals surface area contributed by atoms with E-state index in [0.29, 0.717) is 13.2 Å². The molecule has 1 aromatic rings. The Morgan fingerprint density at radius 2 is 2.05 bits per heavy atom. The standard InChI is InChI=1S/C15H26N4O/c1-3-15(12-16,13-20-2)19-10-8-18(9-11-19)14-6-4-5-7-17-14/h4-7H,3,8-13,16H2,1-2H3. The molecule has 20 heavy (non-hydrogen) atoms. The first-order valence-corrected chi connectivity index (χ1v) is 7.36. The van der Waals surface area contributed by atoms with Crippen molar-refractivity contribution in [1.82, 2.24) is 9.88 Å². The number of anilines is 1. The quantitative estimate of drug-likeness (QED) is 0.840. The molecule has 0 saturated carbocycles. The van der Waals surface area contributed by atoms with Gasteiger partial charge >= 0.3 is 0 Å². The third-order valence-corrected chi connectivity index (χ3v) is 4.37. The van der Waals surface area contributed by atoms with Crippen molar-refractivity contribution in [1.29, 1.82) is 0 Å². The van der Waals surface area contributed by atoms with Gasteiger partial charge in [0.05, 0.1) is 12.1 Å². The lowest BCUT2D eigenvalue weighted by atomic mass is 9.94. The van der Waals surface area contributed by atoms with Gasteiger partial charge in [-0.2, -0.15) is 0 Å². The van der Waals surface area contributed by atoms with Gasteiger partial charge in [0.25, 0.3) is 0 Å².